The number of nitriles is 2. The molecule has 5 aromatic carbocycles. The maximum Gasteiger partial charge on any atom is 0.253 e. The topological polar surface area (TPSA) is 89.2 Å². The van der Waals surface area contributed by atoms with Crippen molar-refractivity contribution in [3.05, 3.63) is 119 Å². The maximum atomic E-state index is 13.5. The second-order valence-electron chi connectivity index (χ2n) is 14.1. The van der Waals surface area contributed by atoms with Gasteiger partial charge in [0, 0.05) is 41.0 Å². The minimum absolute atomic E-state index is 0.0529. The molecule has 0 spiro atoms. The molecule has 0 aliphatic rings. The molecular weight excluding hydrogens is 629 g/mol. The first kappa shape index (κ1) is 36.7. The van der Waals surface area contributed by atoms with Gasteiger partial charge in [-0.3, -0.25) is 4.79 Å². The molecule has 6 nitrogen and oxygen atoms in total. The molecule has 0 saturated carbocycles. The number of carbonyl (C=O) groups is 1. The van der Waals surface area contributed by atoms with Crippen LogP contribution in [-0.4, -0.2) is 23.9 Å². The largest absolute Gasteiger partial charge is 0.457 e. The molecule has 0 saturated heterocycles. The van der Waals surface area contributed by atoms with Crippen molar-refractivity contribution in [2.24, 2.45) is 0 Å². The third kappa shape index (κ3) is 8.59. The van der Waals surface area contributed by atoms with Crippen molar-refractivity contribution in [1.29, 1.82) is 10.5 Å². The fourth-order valence-electron chi connectivity index (χ4n) is 6.30. The molecule has 0 aliphatic heterocycles. The summed E-state index contributed by atoms with van der Waals surface area (Å²) in [5.41, 5.74) is 6.41. The predicted octanol–water partition coefficient (Wildman–Crippen LogP) is 11.7. The highest BCUT2D eigenvalue weighted by molar-refractivity contribution is 6.09. The van der Waals surface area contributed by atoms with E-state index < -0.39 is 0 Å². The summed E-state index contributed by atoms with van der Waals surface area (Å²) >= 11 is 0. The number of nitrogens with zero attached hydrogens (tertiary/aromatic N) is 3. The van der Waals surface area contributed by atoms with Gasteiger partial charge in [0.15, 0.2) is 0 Å². The number of anilines is 2. The Morgan fingerprint density at radius 3 is 2.08 bits per heavy atom. The van der Waals surface area contributed by atoms with Crippen LogP contribution in [0.25, 0.3) is 21.9 Å². The zero-order chi connectivity index (χ0) is 36.5. The number of unbranched alkanes of at least 4 members (excludes halogenated alkanes) is 2. The molecule has 1 N–H and O–H groups in total. The average molecular weight is 677 g/mol. The number of amides is 1. The Morgan fingerprint density at radius 2 is 1.47 bits per heavy atom. The summed E-state index contributed by atoms with van der Waals surface area (Å²) in [6, 6.07) is 34.1. The average Bonchev–Trinajstić information content (AvgIpc) is 3.13. The van der Waals surface area contributed by atoms with Crippen molar-refractivity contribution in [3.8, 4) is 34.8 Å². The second kappa shape index (κ2) is 16.4. The van der Waals surface area contributed by atoms with Crippen molar-refractivity contribution >= 4 is 28.1 Å². The van der Waals surface area contributed by atoms with Crippen molar-refractivity contribution in [3.63, 3.8) is 0 Å². The molecule has 6 heteroatoms. The Labute approximate surface area is 303 Å². The summed E-state index contributed by atoms with van der Waals surface area (Å²) in [5.74, 6) is 1.42. The van der Waals surface area contributed by atoms with Gasteiger partial charge in [0.25, 0.3) is 5.91 Å². The van der Waals surface area contributed by atoms with E-state index in [1.807, 2.05) is 77.7 Å². The summed E-state index contributed by atoms with van der Waals surface area (Å²) in [6.45, 7) is 14.4. The molecule has 0 bridgehead atoms. The van der Waals surface area contributed by atoms with Crippen molar-refractivity contribution < 1.29 is 9.53 Å². The first-order valence-corrected chi connectivity index (χ1v) is 18.1. The number of fused-ring (bicyclic) bond motifs is 1. The Morgan fingerprint density at radius 1 is 0.804 bits per heavy atom. The summed E-state index contributed by atoms with van der Waals surface area (Å²) < 4.78 is 6.31. The van der Waals surface area contributed by atoms with Crippen LogP contribution in [0.3, 0.4) is 0 Å². The standard InChI is InChI=1S/C45H48N4O2/c1-7-10-22-49(23-11-8-2)44(50)32-18-20-37(21-19-32)48-41-28-36(45(4,5)6)26-34-25-35(29-46)40(30-47)42(43(34)41)33-15-13-17-39(27-33)51-38-16-12-14-31(9-3)24-38/h12-21,24-28,48H,7-11,22-23H2,1-6H3. The fraction of sp³-hybridized carbons (Fsp3) is 0.311. The van der Waals surface area contributed by atoms with Gasteiger partial charge in [0.05, 0.1) is 11.1 Å². The van der Waals surface area contributed by atoms with Gasteiger partial charge < -0.3 is 15.0 Å². The molecule has 5 aromatic rings. The summed E-state index contributed by atoms with van der Waals surface area (Å²) in [4.78, 5) is 15.5. The molecule has 0 aliphatic carbocycles. The van der Waals surface area contributed by atoms with Gasteiger partial charge in [-0.05, 0) is 107 Å². The van der Waals surface area contributed by atoms with Crippen LogP contribution in [0, 0.1) is 22.7 Å². The van der Waals surface area contributed by atoms with E-state index in [1.54, 1.807) is 0 Å². The predicted molar refractivity (Wildman–Crippen MR) is 209 cm³/mol. The van der Waals surface area contributed by atoms with E-state index in [-0.39, 0.29) is 11.3 Å². The zero-order valence-electron chi connectivity index (χ0n) is 30.8. The second-order valence-corrected chi connectivity index (χ2v) is 14.1. The molecule has 0 radical (unpaired) electrons. The van der Waals surface area contributed by atoms with E-state index in [0.717, 1.165) is 84.2 Å². The lowest BCUT2D eigenvalue weighted by molar-refractivity contribution is 0.0751. The quantitative estimate of drug-likeness (QED) is 0.134. The van der Waals surface area contributed by atoms with Gasteiger partial charge in [-0.25, -0.2) is 0 Å². The Balaban J connectivity index is 1.63. The molecule has 0 aromatic heterocycles. The van der Waals surface area contributed by atoms with Crippen LogP contribution in [0.15, 0.2) is 91.0 Å². The van der Waals surface area contributed by atoms with E-state index in [1.165, 1.54) is 5.56 Å². The molecule has 0 heterocycles. The first-order chi connectivity index (χ1) is 24.6. The van der Waals surface area contributed by atoms with Gasteiger partial charge >= 0.3 is 0 Å². The fourth-order valence-corrected chi connectivity index (χ4v) is 6.30. The number of aryl methyl sites for hydroxylation is 1. The number of ether oxygens (including phenoxy) is 1. The minimum Gasteiger partial charge on any atom is -0.457 e. The van der Waals surface area contributed by atoms with Gasteiger partial charge in [-0.15, -0.1) is 0 Å². The SMILES string of the molecule is CCCCN(CCCC)C(=O)c1ccc(Nc2cc(C(C)(C)C)cc3cc(C#N)c(C#N)c(-c4cccc(Oc5cccc(CC)c5)c4)c23)cc1. The molecule has 1 amide bonds. The molecule has 0 unspecified atom stereocenters. The summed E-state index contributed by atoms with van der Waals surface area (Å²) in [6.07, 6.45) is 4.94. The van der Waals surface area contributed by atoms with Gasteiger partial charge in [0.1, 0.15) is 23.6 Å². The molecule has 0 atom stereocenters. The van der Waals surface area contributed by atoms with Gasteiger partial charge in [-0.2, -0.15) is 10.5 Å². The van der Waals surface area contributed by atoms with Crippen molar-refractivity contribution in [2.75, 3.05) is 18.4 Å². The third-order valence-electron chi connectivity index (χ3n) is 9.26. The number of hydrogen-bond acceptors (Lipinski definition) is 5. The molecule has 5 rings (SSSR count). The minimum atomic E-state index is -0.191. The highest BCUT2D eigenvalue weighted by Gasteiger charge is 2.23. The Bertz CT molecular complexity index is 2090. The number of carbonyl (C=O) groups excluding carboxylic acids is 1. The Kier molecular flexibility index (Phi) is 11.8. The zero-order valence-corrected chi connectivity index (χ0v) is 30.8. The number of rotatable bonds is 13. The smallest absolute Gasteiger partial charge is 0.253 e. The lowest BCUT2D eigenvalue weighted by Crippen LogP contribution is -2.32. The molecular formula is C45H48N4O2. The van der Waals surface area contributed by atoms with Crippen molar-refractivity contribution in [1.82, 2.24) is 4.90 Å². The lowest BCUT2D eigenvalue weighted by Gasteiger charge is -2.24. The number of hydrogen-bond donors (Lipinski definition) is 1. The van der Waals surface area contributed by atoms with Crippen LogP contribution in [0.5, 0.6) is 11.5 Å². The molecule has 260 valence electrons. The van der Waals surface area contributed by atoms with Crippen LogP contribution in [0.2, 0.25) is 0 Å². The maximum absolute atomic E-state index is 13.5. The summed E-state index contributed by atoms with van der Waals surface area (Å²) in [5, 5.41) is 26.1. The van der Waals surface area contributed by atoms with Crippen LogP contribution >= 0.6 is 0 Å². The van der Waals surface area contributed by atoms with E-state index >= 15 is 0 Å². The van der Waals surface area contributed by atoms with Gasteiger partial charge in [-0.1, -0.05) is 84.7 Å². The van der Waals surface area contributed by atoms with Crippen LogP contribution < -0.4 is 10.1 Å². The molecule has 0 fully saturated rings. The number of benzene rings is 5. The summed E-state index contributed by atoms with van der Waals surface area (Å²) in [7, 11) is 0. The van der Waals surface area contributed by atoms with E-state index in [4.69, 9.17) is 4.74 Å². The van der Waals surface area contributed by atoms with Crippen LogP contribution in [-0.2, 0) is 11.8 Å². The highest BCUT2D eigenvalue weighted by Crippen LogP contribution is 2.43. The molecule has 51 heavy (non-hydrogen) atoms. The van der Waals surface area contributed by atoms with Gasteiger partial charge in [0.2, 0.25) is 0 Å². The van der Waals surface area contributed by atoms with E-state index in [0.29, 0.717) is 28.0 Å². The monoisotopic (exact) mass is 676 g/mol. The lowest BCUT2D eigenvalue weighted by atomic mass is 9.82. The van der Waals surface area contributed by atoms with Crippen LogP contribution in [0.4, 0.5) is 11.4 Å². The normalized spacial score (nSPS) is 11.1. The van der Waals surface area contributed by atoms with Crippen LogP contribution in [0.1, 0.15) is 99.8 Å². The third-order valence-corrected chi connectivity index (χ3v) is 9.26. The Hall–Kier alpha value is -5.59. The highest BCUT2D eigenvalue weighted by atomic mass is 16.5. The van der Waals surface area contributed by atoms with Crippen molar-refractivity contribution in [2.45, 2.75) is 79.1 Å². The number of nitrogens with one attached hydrogen (secondary N) is 1. The van der Waals surface area contributed by atoms with E-state index in [2.05, 4.69) is 77.2 Å². The van der Waals surface area contributed by atoms with E-state index in [9.17, 15) is 15.3 Å². The first-order valence-electron chi connectivity index (χ1n) is 18.1.